The van der Waals surface area contributed by atoms with Gasteiger partial charge in [0.15, 0.2) is 5.13 Å². The number of carbonyl (C=O) groups is 1. The van der Waals surface area contributed by atoms with E-state index in [1.54, 1.807) is 11.3 Å². The summed E-state index contributed by atoms with van der Waals surface area (Å²) in [6, 6.07) is 14.5. The van der Waals surface area contributed by atoms with Crippen LogP contribution >= 0.6 is 11.3 Å². The van der Waals surface area contributed by atoms with E-state index in [0.717, 1.165) is 46.6 Å². The van der Waals surface area contributed by atoms with Gasteiger partial charge in [-0.3, -0.25) is 9.69 Å². The van der Waals surface area contributed by atoms with Crippen molar-refractivity contribution >= 4 is 32.6 Å². The van der Waals surface area contributed by atoms with Crippen LogP contribution in [0.3, 0.4) is 0 Å². The Labute approximate surface area is 158 Å². The molecule has 4 heteroatoms. The molecular weight excluding hydrogens is 340 g/mol. The first-order chi connectivity index (χ1) is 12.6. The van der Waals surface area contributed by atoms with Crippen molar-refractivity contribution < 1.29 is 4.79 Å². The average Bonchev–Trinajstić information content (AvgIpc) is 3.33. The van der Waals surface area contributed by atoms with Gasteiger partial charge in [0, 0.05) is 5.92 Å². The molecule has 4 rings (SSSR count). The molecule has 2 aromatic carbocycles. The second-order valence-electron chi connectivity index (χ2n) is 7.24. The summed E-state index contributed by atoms with van der Waals surface area (Å²) in [4.78, 5) is 20.1. The summed E-state index contributed by atoms with van der Waals surface area (Å²) in [6.07, 6.45) is 4.34. The van der Waals surface area contributed by atoms with E-state index in [0.29, 0.717) is 6.54 Å². The highest BCUT2D eigenvalue weighted by molar-refractivity contribution is 7.22. The Balaban J connectivity index is 1.74. The summed E-state index contributed by atoms with van der Waals surface area (Å²) in [5.74, 6) is 0.383. The van der Waals surface area contributed by atoms with E-state index < -0.39 is 0 Å². The number of aromatic nitrogens is 1. The number of hydrogen-bond acceptors (Lipinski definition) is 3. The molecule has 3 aromatic rings. The molecule has 0 saturated heterocycles. The molecule has 0 N–H and O–H groups in total. The summed E-state index contributed by atoms with van der Waals surface area (Å²) >= 11 is 1.63. The average molecular weight is 365 g/mol. The van der Waals surface area contributed by atoms with Crippen LogP contribution in [0.2, 0.25) is 0 Å². The van der Waals surface area contributed by atoms with Crippen molar-refractivity contribution in [2.24, 2.45) is 5.92 Å². The number of anilines is 1. The van der Waals surface area contributed by atoms with Crippen molar-refractivity contribution in [2.75, 3.05) is 4.90 Å². The van der Waals surface area contributed by atoms with Gasteiger partial charge in [-0.25, -0.2) is 4.98 Å². The lowest BCUT2D eigenvalue weighted by Crippen LogP contribution is -2.34. The lowest BCUT2D eigenvalue weighted by molar-refractivity contribution is -0.122. The summed E-state index contributed by atoms with van der Waals surface area (Å²) in [7, 11) is 0. The molecule has 0 spiro atoms. The summed E-state index contributed by atoms with van der Waals surface area (Å²) < 4.78 is 1.15. The molecule has 1 heterocycles. The van der Waals surface area contributed by atoms with Crippen LogP contribution in [0.1, 0.15) is 42.4 Å². The van der Waals surface area contributed by atoms with E-state index in [9.17, 15) is 4.79 Å². The molecule has 134 valence electrons. The van der Waals surface area contributed by atoms with Gasteiger partial charge < -0.3 is 0 Å². The molecular formula is C22H24N2OS. The number of nitrogens with zero attached hydrogens (tertiary/aromatic N) is 2. The number of fused-ring (bicyclic) bond motifs is 1. The topological polar surface area (TPSA) is 33.2 Å². The van der Waals surface area contributed by atoms with Gasteiger partial charge in [0.1, 0.15) is 0 Å². The van der Waals surface area contributed by atoms with Crippen LogP contribution in [-0.2, 0) is 11.3 Å². The predicted octanol–water partition coefficient (Wildman–Crippen LogP) is 5.64. The van der Waals surface area contributed by atoms with Crippen LogP contribution in [-0.4, -0.2) is 10.9 Å². The third-order valence-electron chi connectivity index (χ3n) is 5.46. The van der Waals surface area contributed by atoms with E-state index in [2.05, 4.69) is 38.1 Å². The molecule has 3 nitrogen and oxygen atoms in total. The van der Waals surface area contributed by atoms with Gasteiger partial charge in [-0.05, 0) is 49.4 Å². The van der Waals surface area contributed by atoms with Crippen molar-refractivity contribution in [1.82, 2.24) is 4.98 Å². The summed E-state index contributed by atoms with van der Waals surface area (Å²) in [6.45, 7) is 4.81. The van der Waals surface area contributed by atoms with Gasteiger partial charge in [-0.2, -0.15) is 0 Å². The lowest BCUT2D eigenvalue weighted by atomic mass is 10.1. The zero-order chi connectivity index (χ0) is 18.1. The van der Waals surface area contributed by atoms with Crippen molar-refractivity contribution in [1.29, 1.82) is 0 Å². The number of aryl methyl sites for hydroxylation is 2. The Morgan fingerprint density at radius 3 is 2.58 bits per heavy atom. The van der Waals surface area contributed by atoms with Gasteiger partial charge >= 0.3 is 0 Å². The molecule has 1 aromatic heterocycles. The fourth-order valence-corrected chi connectivity index (χ4v) is 4.76. The monoisotopic (exact) mass is 364 g/mol. The van der Waals surface area contributed by atoms with Crippen molar-refractivity contribution in [3.8, 4) is 0 Å². The first kappa shape index (κ1) is 17.2. The largest absolute Gasteiger partial charge is 0.283 e. The Bertz CT molecular complexity index is 926. The van der Waals surface area contributed by atoms with E-state index in [1.165, 1.54) is 11.1 Å². The van der Waals surface area contributed by atoms with Crippen molar-refractivity contribution in [2.45, 2.75) is 46.1 Å². The number of rotatable bonds is 4. The van der Waals surface area contributed by atoms with Crippen LogP contribution in [0.4, 0.5) is 5.13 Å². The van der Waals surface area contributed by atoms with Gasteiger partial charge in [-0.15, -0.1) is 0 Å². The first-order valence-corrected chi connectivity index (χ1v) is 10.2. The van der Waals surface area contributed by atoms with E-state index in [1.807, 2.05) is 23.1 Å². The SMILES string of the molecule is Cc1ccc2sc(N(Cc3ccccc3)C(=O)C3CCCC3)nc2c1C. The molecule has 1 fully saturated rings. The zero-order valence-corrected chi connectivity index (χ0v) is 16.2. The fraction of sp³-hybridized carbons (Fsp3) is 0.364. The van der Waals surface area contributed by atoms with Gasteiger partial charge in [0.25, 0.3) is 0 Å². The number of benzene rings is 2. The normalized spacial score (nSPS) is 14.8. The molecule has 0 unspecified atom stereocenters. The van der Waals surface area contributed by atoms with Crippen molar-refractivity contribution in [3.05, 3.63) is 59.2 Å². The Kier molecular flexibility index (Phi) is 4.77. The first-order valence-electron chi connectivity index (χ1n) is 9.35. The van der Waals surface area contributed by atoms with Gasteiger partial charge in [0.05, 0.1) is 16.8 Å². The Morgan fingerprint density at radius 2 is 1.85 bits per heavy atom. The minimum absolute atomic E-state index is 0.147. The molecule has 0 radical (unpaired) electrons. The number of carbonyl (C=O) groups excluding carboxylic acids is 1. The van der Waals surface area contributed by atoms with E-state index >= 15 is 0 Å². The molecule has 0 atom stereocenters. The minimum Gasteiger partial charge on any atom is -0.283 e. The summed E-state index contributed by atoms with van der Waals surface area (Å²) in [5, 5.41) is 0.828. The number of thiazole rings is 1. The fourth-order valence-electron chi connectivity index (χ4n) is 3.73. The van der Waals surface area contributed by atoms with Crippen LogP contribution < -0.4 is 4.90 Å². The molecule has 0 aliphatic heterocycles. The third kappa shape index (κ3) is 3.26. The zero-order valence-electron chi connectivity index (χ0n) is 15.4. The smallest absolute Gasteiger partial charge is 0.232 e. The highest BCUT2D eigenvalue weighted by atomic mass is 32.1. The van der Waals surface area contributed by atoms with Crippen LogP contribution in [0.25, 0.3) is 10.2 Å². The van der Waals surface area contributed by atoms with Crippen LogP contribution in [0.15, 0.2) is 42.5 Å². The molecule has 0 bridgehead atoms. The predicted molar refractivity (Wildman–Crippen MR) is 109 cm³/mol. The quantitative estimate of drug-likeness (QED) is 0.600. The van der Waals surface area contributed by atoms with Crippen LogP contribution in [0, 0.1) is 19.8 Å². The highest BCUT2D eigenvalue weighted by Gasteiger charge is 2.30. The Morgan fingerprint density at radius 1 is 1.12 bits per heavy atom. The summed E-state index contributed by atoms with van der Waals surface area (Å²) in [5.41, 5.74) is 4.62. The second-order valence-corrected chi connectivity index (χ2v) is 8.25. The number of amides is 1. The number of hydrogen-bond donors (Lipinski definition) is 0. The third-order valence-corrected chi connectivity index (χ3v) is 6.50. The maximum absolute atomic E-state index is 13.3. The molecule has 26 heavy (non-hydrogen) atoms. The highest BCUT2D eigenvalue weighted by Crippen LogP contribution is 2.35. The van der Waals surface area contributed by atoms with Gasteiger partial charge in [0.2, 0.25) is 5.91 Å². The molecule has 1 amide bonds. The Hall–Kier alpha value is -2.20. The maximum Gasteiger partial charge on any atom is 0.232 e. The molecule has 1 aliphatic carbocycles. The lowest BCUT2D eigenvalue weighted by Gasteiger charge is -2.23. The van der Waals surface area contributed by atoms with Gasteiger partial charge in [-0.1, -0.05) is 60.6 Å². The molecule has 1 saturated carbocycles. The van der Waals surface area contributed by atoms with Crippen molar-refractivity contribution in [3.63, 3.8) is 0 Å². The minimum atomic E-state index is 0.147. The standard InChI is InChI=1S/C22H24N2OS/c1-15-12-13-19-20(16(15)2)23-22(26-19)24(14-17-8-4-3-5-9-17)21(25)18-10-6-7-11-18/h3-5,8-9,12-13,18H,6-7,10-11,14H2,1-2H3. The van der Waals surface area contributed by atoms with Crippen LogP contribution in [0.5, 0.6) is 0 Å². The maximum atomic E-state index is 13.3. The molecule has 1 aliphatic rings. The second kappa shape index (κ2) is 7.20. The van der Waals surface area contributed by atoms with E-state index in [-0.39, 0.29) is 11.8 Å². The van der Waals surface area contributed by atoms with E-state index in [4.69, 9.17) is 4.98 Å².